The molecule has 4 rings (SSSR count). The monoisotopic (exact) mass is 393 g/mol. The summed E-state index contributed by atoms with van der Waals surface area (Å²) in [5, 5.41) is 3.19. The number of aromatic nitrogens is 4. The van der Waals surface area contributed by atoms with Crippen LogP contribution in [0.15, 0.2) is 54.9 Å². The number of methoxy groups -OCH3 is 1. The van der Waals surface area contributed by atoms with Gasteiger partial charge in [-0.15, -0.1) is 0 Å². The summed E-state index contributed by atoms with van der Waals surface area (Å²) in [5.74, 6) is 0.295. The van der Waals surface area contributed by atoms with Crippen molar-refractivity contribution in [3.05, 3.63) is 59.6 Å². The van der Waals surface area contributed by atoms with Crippen LogP contribution in [0.2, 0.25) is 0 Å². The maximum Gasteiger partial charge on any atom is 0.328 e. The Morgan fingerprint density at radius 1 is 1.25 bits per heavy atom. The van der Waals surface area contributed by atoms with E-state index in [0.29, 0.717) is 10.6 Å². The number of ether oxygens (including phenoxy) is 1. The molecule has 0 aliphatic rings. The molecule has 0 spiro atoms. The molecule has 3 N–H and O–H groups in total. The number of benzene rings is 2. The topological polar surface area (TPSA) is 87.7 Å². The molecule has 0 saturated carbocycles. The summed E-state index contributed by atoms with van der Waals surface area (Å²) < 4.78 is 7.28. The first-order valence-electron chi connectivity index (χ1n) is 8.77. The van der Waals surface area contributed by atoms with Crippen molar-refractivity contribution < 1.29 is 9.53 Å². The number of nitrogens with one attached hydrogen (secondary N) is 3. The molecule has 0 amide bonds. The summed E-state index contributed by atoms with van der Waals surface area (Å²) in [7, 11) is 1.37. The molecule has 2 aromatic heterocycles. The van der Waals surface area contributed by atoms with Gasteiger partial charge < -0.3 is 20.0 Å². The Kier molecular flexibility index (Phi) is 4.70. The largest absolute Gasteiger partial charge is 0.467 e. The predicted molar refractivity (Wildman–Crippen MR) is 111 cm³/mol. The average Bonchev–Trinajstić information content (AvgIpc) is 3.31. The number of imidazole rings is 2. The Labute approximate surface area is 166 Å². The van der Waals surface area contributed by atoms with E-state index < -0.39 is 6.04 Å². The molecule has 8 heteroatoms. The van der Waals surface area contributed by atoms with Gasteiger partial charge in [0.1, 0.15) is 11.9 Å². The lowest BCUT2D eigenvalue weighted by molar-refractivity contribution is -0.141. The van der Waals surface area contributed by atoms with E-state index in [9.17, 15) is 4.79 Å². The summed E-state index contributed by atoms with van der Waals surface area (Å²) in [6.07, 6.45) is 1.66. The van der Waals surface area contributed by atoms with Crippen molar-refractivity contribution in [3.63, 3.8) is 0 Å². The lowest BCUT2D eigenvalue weighted by Gasteiger charge is -2.15. The van der Waals surface area contributed by atoms with Gasteiger partial charge in [-0.3, -0.25) is 4.57 Å². The molecule has 0 aliphatic carbocycles. The van der Waals surface area contributed by atoms with Gasteiger partial charge in [0.15, 0.2) is 4.77 Å². The number of esters is 1. The molecule has 0 aliphatic heterocycles. The van der Waals surface area contributed by atoms with Gasteiger partial charge in [-0.25, -0.2) is 9.78 Å². The first-order valence-corrected chi connectivity index (χ1v) is 9.17. The second-order valence-corrected chi connectivity index (χ2v) is 6.74. The van der Waals surface area contributed by atoms with Crippen LogP contribution in [0.4, 0.5) is 5.82 Å². The molecule has 7 nitrogen and oxygen atoms in total. The summed E-state index contributed by atoms with van der Waals surface area (Å²) in [6, 6.07) is 15.2. The highest BCUT2D eigenvalue weighted by Crippen LogP contribution is 2.32. The van der Waals surface area contributed by atoms with Crippen molar-refractivity contribution in [2.45, 2.75) is 13.0 Å². The highest BCUT2D eigenvalue weighted by atomic mass is 32.1. The molecule has 0 fully saturated rings. The third-order valence-electron chi connectivity index (χ3n) is 4.52. The molecule has 0 saturated heterocycles. The quantitative estimate of drug-likeness (QED) is 0.352. The molecule has 1 unspecified atom stereocenters. The van der Waals surface area contributed by atoms with Crippen molar-refractivity contribution in [1.29, 1.82) is 0 Å². The molecule has 142 valence electrons. The number of H-pyrrole nitrogens is 2. The van der Waals surface area contributed by atoms with Gasteiger partial charge in [0.2, 0.25) is 0 Å². The van der Waals surface area contributed by atoms with Crippen LogP contribution in [0.25, 0.3) is 28.0 Å². The van der Waals surface area contributed by atoms with E-state index in [1.807, 2.05) is 53.1 Å². The maximum atomic E-state index is 11.9. The van der Waals surface area contributed by atoms with E-state index in [0.717, 1.165) is 28.0 Å². The predicted octanol–water partition coefficient (Wildman–Crippen LogP) is 4.05. The van der Waals surface area contributed by atoms with Gasteiger partial charge in [0.05, 0.1) is 35.9 Å². The van der Waals surface area contributed by atoms with Crippen LogP contribution >= 0.6 is 12.2 Å². The SMILES string of the molecule is COC(=O)C(C)Nc1[nH]c(=S)n(-c2ccc3nc[nH]c3c2)c1-c1ccccc1. The highest BCUT2D eigenvalue weighted by Gasteiger charge is 2.20. The Hall–Kier alpha value is -3.39. The summed E-state index contributed by atoms with van der Waals surface area (Å²) in [6.45, 7) is 1.74. The minimum absolute atomic E-state index is 0.357. The third-order valence-corrected chi connectivity index (χ3v) is 4.80. The number of carbonyl (C=O) groups is 1. The van der Waals surface area contributed by atoms with E-state index in [2.05, 4.69) is 20.3 Å². The third kappa shape index (κ3) is 3.18. The minimum Gasteiger partial charge on any atom is -0.467 e. The van der Waals surface area contributed by atoms with Crippen LogP contribution in [-0.4, -0.2) is 38.6 Å². The van der Waals surface area contributed by atoms with Gasteiger partial charge in [0.25, 0.3) is 0 Å². The van der Waals surface area contributed by atoms with Crippen LogP contribution in [0.3, 0.4) is 0 Å². The fourth-order valence-electron chi connectivity index (χ4n) is 3.17. The van der Waals surface area contributed by atoms with Gasteiger partial charge in [-0.1, -0.05) is 30.3 Å². The van der Waals surface area contributed by atoms with Crippen LogP contribution < -0.4 is 5.32 Å². The normalized spacial score (nSPS) is 12.1. The first-order chi connectivity index (χ1) is 13.6. The van der Waals surface area contributed by atoms with Crippen molar-refractivity contribution >= 4 is 35.0 Å². The maximum absolute atomic E-state index is 11.9. The standard InChI is InChI=1S/C20H19N5O2S/c1-12(19(26)27-2)23-18-17(13-6-4-3-5-7-13)25(20(28)24-18)14-8-9-15-16(10-14)22-11-21-15/h3-12,23H,1-2H3,(H,21,22)(H,24,28). The van der Waals surface area contributed by atoms with Gasteiger partial charge in [-0.05, 0) is 37.3 Å². The number of nitrogens with zero attached hydrogens (tertiary/aromatic N) is 2. The fourth-order valence-corrected chi connectivity index (χ4v) is 3.47. The molecule has 28 heavy (non-hydrogen) atoms. The number of rotatable bonds is 5. The van der Waals surface area contributed by atoms with E-state index >= 15 is 0 Å². The van der Waals surface area contributed by atoms with E-state index in [-0.39, 0.29) is 5.97 Å². The summed E-state index contributed by atoms with van der Waals surface area (Å²) >= 11 is 5.62. The summed E-state index contributed by atoms with van der Waals surface area (Å²) in [5.41, 5.74) is 4.47. The molecular formula is C20H19N5O2S. The molecule has 2 heterocycles. The number of fused-ring (bicyclic) bond motifs is 1. The Morgan fingerprint density at radius 3 is 2.79 bits per heavy atom. The molecule has 2 aromatic carbocycles. The second-order valence-electron chi connectivity index (χ2n) is 6.35. The van der Waals surface area contributed by atoms with Gasteiger partial charge >= 0.3 is 5.97 Å². The number of anilines is 1. The van der Waals surface area contributed by atoms with E-state index in [1.165, 1.54) is 7.11 Å². The van der Waals surface area contributed by atoms with Crippen LogP contribution in [0.1, 0.15) is 6.92 Å². The van der Waals surface area contributed by atoms with Crippen molar-refractivity contribution in [2.75, 3.05) is 12.4 Å². The van der Waals surface area contributed by atoms with Gasteiger partial charge in [-0.2, -0.15) is 0 Å². The number of carbonyl (C=O) groups excluding carboxylic acids is 1. The molecule has 4 aromatic rings. The fraction of sp³-hybridized carbons (Fsp3) is 0.150. The van der Waals surface area contributed by atoms with Crippen LogP contribution in [-0.2, 0) is 9.53 Å². The molecule has 0 bridgehead atoms. The number of hydrogen-bond acceptors (Lipinski definition) is 5. The van der Waals surface area contributed by atoms with Crippen LogP contribution in [0.5, 0.6) is 0 Å². The zero-order chi connectivity index (χ0) is 19.7. The highest BCUT2D eigenvalue weighted by molar-refractivity contribution is 7.71. The number of aromatic amines is 2. The first kappa shape index (κ1) is 18.0. The van der Waals surface area contributed by atoms with E-state index in [4.69, 9.17) is 17.0 Å². The Morgan fingerprint density at radius 2 is 2.04 bits per heavy atom. The average molecular weight is 393 g/mol. The zero-order valence-corrected chi connectivity index (χ0v) is 16.2. The second kappa shape index (κ2) is 7.32. The minimum atomic E-state index is -0.538. The number of hydrogen-bond donors (Lipinski definition) is 3. The lowest BCUT2D eigenvalue weighted by atomic mass is 10.1. The van der Waals surface area contributed by atoms with Crippen molar-refractivity contribution in [3.8, 4) is 16.9 Å². The van der Waals surface area contributed by atoms with E-state index in [1.54, 1.807) is 13.3 Å². The van der Waals surface area contributed by atoms with Crippen molar-refractivity contribution in [2.24, 2.45) is 0 Å². The smallest absolute Gasteiger partial charge is 0.328 e. The lowest BCUT2D eigenvalue weighted by Crippen LogP contribution is -2.27. The molecular weight excluding hydrogens is 374 g/mol. The molecule has 1 atom stereocenters. The molecule has 0 radical (unpaired) electrons. The zero-order valence-electron chi connectivity index (χ0n) is 15.4. The van der Waals surface area contributed by atoms with Crippen molar-refractivity contribution in [1.82, 2.24) is 19.5 Å². The van der Waals surface area contributed by atoms with Gasteiger partial charge in [0, 0.05) is 5.56 Å². The Bertz CT molecular complexity index is 1190. The van der Waals surface area contributed by atoms with Crippen LogP contribution in [0, 0.1) is 4.77 Å². The Balaban J connectivity index is 1.90. The summed E-state index contributed by atoms with van der Waals surface area (Å²) in [4.78, 5) is 22.5.